The fraction of sp³-hybridized carbons (Fsp3) is 0.938. The summed E-state index contributed by atoms with van der Waals surface area (Å²) in [5.74, 6) is 2.34. The molecule has 1 N–H and O–H groups in total. The number of rotatable bonds is 5. The van der Waals surface area contributed by atoms with Crippen LogP contribution in [0, 0.1) is 17.8 Å². The molecule has 110 valence electrons. The fourth-order valence-electron chi connectivity index (χ4n) is 3.85. The SMILES string of the molecule is CC(Cl)CCCNC(=O)C1CCC2CCCCC2C1. The standard InChI is InChI=1S/C16H28ClNO/c1-12(17)5-4-10-18-16(19)15-9-8-13-6-2-3-7-14(13)11-15/h12-15H,2-11H2,1H3,(H,18,19). The third kappa shape index (κ3) is 4.66. The maximum absolute atomic E-state index is 12.2. The first-order valence-electron chi connectivity index (χ1n) is 8.08. The van der Waals surface area contributed by atoms with Crippen molar-refractivity contribution in [3.05, 3.63) is 0 Å². The van der Waals surface area contributed by atoms with Gasteiger partial charge in [0.2, 0.25) is 5.91 Å². The summed E-state index contributed by atoms with van der Waals surface area (Å²) < 4.78 is 0. The Morgan fingerprint density at radius 1 is 1.21 bits per heavy atom. The first-order chi connectivity index (χ1) is 9.16. The van der Waals surface area contributed by atoms with Crippen molar-refractivity contribution in [2.24, 2.45) is 17.8 Å². The Hall–Kier alpha value is -0.240. The molecule has 0 radical (unpaired) electrons. The minimum Gasteiger partial charge on any atom is -0.356 e. The number of carbonyl (C=O) groups is 1. The Bertz CT molecular complexity index is 292. The van der Waals surface area contributed by atoms with Crippen molar-refractivity contribution in [3.8, 4) is 0 Å². The summed E-state index contributed by atoms with van der Waals surface area (Å²) in [6, 6.07) is 0. The zero-order valence-electron chi connectivity index (χ0n) is 12.2. The third-order valence-electron chi connectivity index (χ3n) is 4.99. The molecule has 2 aliphatic rings. The average molecular weight is 286 g/mol. The van der Waals surface area contributed by atoms with Crippen molar-refractivity contribution in [3.63, 3.8) is 0 Å². The van der Waals surface area contributed by atoms with Gasteiger partial charge in [0.1, 0.15) is 0 Å². The molecule has 1 amide bonds. The minimum atomic E-state index is 0.217. The van der Waals surface area contributed by atoms with Gasteiger partial charge in [-0.1, -0.05) is 25.7 Å². The molecule has 0 aromatic rings. The van der Waals surface area contributed by atoms with Crippen molar-refractivity contribution in [1.82, 2.24) is 5.32 Å². The quantitative estimate of drug-likeness (QED) is 0.597. The Balaban J connectivity index is 1.68. The Kier molecular flexibility index (Phi) is 6.00. The lowest BCUT2D eigenvalue weighted by Gasteiger charge is -2.38. The number of nitrogens with one attached hydrogen (secondary N) is 1. The van der Waals surface area contributed by atoms with E-state index in [1.165, 1.54) is 32.1 Å². The molecule has 2 nitrogen and oxygen atoms in total. The van der Waals surface area contributed by atoms with Gasteiger partial charge in [0.15, 0.2) is 0 Å². The van der Waals surface area contributed by atoms with Gasteiger partial charge in [-0.15, -0.1) is 11.6 Å². The van der Waals surface area contributed by atoms with Crippen LogP contribution in [0.4, 0.5) is 0 Å². The Morgan fingerprint density at radius 3 is 2.68 bits per heavy atom. The number of hydrogen-bond acceptors (Lipinski definition) is 1. The van der Waals surface area contributed by atoms with Crippen LogP contribution in [0.5, 0.6) is 0 Å². The molecular formula is C16H28ClNO. The number of carbonyl (C=O) groups excluding carboxylic acids is 1. The van der Waals surface area contributed by atoms with E-state index >= 15 is 0 Å². The fourth-order valence-corrected chi connectivity index (χ4v) is 4.01. The van der Waals surface area contributed by atoms with Crippen molar-refractivity contribution in [2.45, 2.75) is 70.1 Å². The van der Waals surface area contributed by atoms with E-state index in [0.29, 0.717) is 5.91 Å². The van der Waals surface area contributed by atoms with Gasteiger partial charge in [-0.05, 0) is 50.9 Å². The lowest BCUT2D eigenvalue weighted by Crippen LogP contribution is -2.37. The van der Waals surface area contributed by atoms with Crippen LogP contribution < -0.4 is 5.32 Å². The van der Waals surface area contributed by atoms with Gasteiger partial charge in [0.05, 0.1) is 0 Å². The molecule has 0 saturated heterocycles. The van der Waals surface area contributed by atoms with Gasteiger partial charge in [-0.25, -0.2) is 0 Å². The highest BCUT2D eigenvalue weighted by Crippen LogP contribution is 2.42. The maximum atomic E-state index is 12.2. The second-order valence-corrected chi connectivity index (χ2v) is 7.27. The predicted octanol–water partition coefficient (Wildman–Crippen LogP) is 4.12. The summed E-state index contributed by atoms with van der Waals surface area (Å²) in [5, 5.41) is 3.32. The molecule has 0 aliphatic heterocycles. The van der Waals surface area contributed by atoms with Crippen LogP contribution >= 0.6 is 11.6 Å². The van der Waals surface area contributed by atoms with Gasteiger partial charge in [0.25, 0.3) is 0 Å². The van der Waals surface area contributed by atoms with Crippen LogP contribution in [0.25, 0.3) is 0 Å². The second-order valence-electron chi connectivity index (χ2n) is 6.53. The molecular weight excluding hydrogens is 258 g/mol. The highest BCUT2D eigenvalue weighted by molar-refractivity contribution is 6.20. The van der Waals surface area contributed by atoms with Crippen LogP contribution in [0.2, 0.25) is 0 Å². The predicted molar refractivity (Wildman–Crippen MR) is 80.3 cm³/mol. The first kappa shape index (κ1) is 15.2. The van der Waals surface area contributed by atoms with Crippen LogP contribution in [-0.4, -0.2) is 17.8 Å². The molecule has 0 bridgehead atoms. The highest BCUT2D eigenvalue weighted by atomic mass is 35.5. The maximum Gasteiger partial charge on any atom is 0.223 e. The van der Waals surface area contributed by atoms with Crippen LogP contribution in [-0.2, 0) is 4.79 Å². The van der Waals surface area contributed by atoms with E-state index in [1.807, 2.05) is 6.92 Å². The molecule has 0 aromatic heterocycles. The van der Waals surface area contributed by atoms with Gasteiger partial charge in [-0.2, -0.15) is 0 Å². The van der Waals surface area contributed by atoms with Gasteiger partial charge in [-0.3, -0.25) is 4.79 Å². The molecule has 4 atom stereocenters. The number of alkyl halides is 1. The monoisotopic (exact) mass is 285 g/mol. The summed E-state index contributed by atoms with van der Waals surface area (Å²) in [7, 11) is 0. The first-order valence-corrected chi connectivity index (χ1v) is 8.52. The summed E-state index contributed by atoms with van der Waals surface area (Å²) in [6.45, 7) is 2.80. The van der Waals surface area contributed by atoms with Gasteiger partial charge >= 0.3 is 0 Å². The van der Waals surface area contributed by atoms with E-state index in [9.17, 15) is 4.79 Å². The molecule has 2 rings (SSSR count). The molecule has 0 spiro atoms. The smallest absolute Gasteiger partial charge is 0.223 e. The number of amides is 1. The molecule has 2 fully saturated rings. The normalized spacial score (nSPS) is 32.4. The van der Waals surface area contributed by atoms with Crippen molar-refractivity contribution >= 4 is 17.5 Å². The summed E-state index contributed by atoms with van der Waals surface area (Å²) >= 11 is 5.91. The highest BCUT2D eigenvalue weighted by Gasteiger charge is 2.34. The lowest BCUT2D eigenvalue weighted by molar-refractivity contribution is -0.127. The molecule has 2 aliphatic carbocycles. The summed E-state index contributed by atoms with van der Waals surface area (Å²) in [4.78, 5) is 12.2. The molecule has 3 heteroatoms. The van der Waals surface area contributed by atoms with E-state index in [4.69, 9.17) is 11.6 Å². The Labute approximate surface area is 122 Å². The molecule has 19 heavy (non-hydrogen) atoms. The van der Waals surface area contributed by atoms with Crippen molar-refractivity contribution < 1.29 is 4.79 Å². The van der Waals surface area contributed by atoms with E-state index in [1.54, 1.807) is 0 Å². The zero-order chi connectivity index (χ0) is 13.7. The van der Waals surface area contributed by atoms with Crippen molar-refractivity contribution in [2.75, 3.05) is 6.54 Å². The van der Waals surface area contributed by atoms with E-state index < -0.39 is 0 Å². The van der Waals surface area contributed by atoms with E-state index in [0.717, 1.165) is 44.1 Å². The molecule has 4 unspecified atom stereocenters. The second kappa shape index (κ2) is 7.52. The van der Waals surface area contributed by atoms with Crippen LogP contribution in [0.1, 0.15) is 64.7 Å². The topological polar surface area (TPSA) is 29.1 Å². The molecule has 0 aromatic carbocycles. The number of fused-ring (bicyclic) bond motifs is 1. The summed E-state index contributed by atoms with van der Waals surface area (Å²) in [5.41, 5.74) is 0. The van der Waals surface area contributed by atoms with E-state index in [-0.39, 0.29) is 11.3 Å². The lowest BCUT2D eigenvalue weighted by atomic mass is 9.67. The Morgan fingerprint density at radius 2 is 1.95 bits per heavy atom. The zero-order valence-corrected chi connectivity index (χ0v) is 12.9. The summed E-state index contributed by atoms with van der Waals surface area (Å²) in [6.07, 6.45) is 11.1. The minimum absolute atomic E-state index is 0.217. The average Bonchev–Trinajstić information content (AvgIpc) is 2.42. The molecule has 2 saturated carbocycles. The van der Waals surface area contributed by atoms with Gasteiger partial charge in [0, 0.05) is 17.8 Å². The van der Waals surface area contributed by atoms with Crippen LogP contribution in [0.15, 0.2) is 0 Å². The van der Waals surface area contributed by atoms with Crippen molar-refractivity contribution in [1.29, 1.82) is 0 Å². The molecule has 0 heterocycles. The number of hydrogen-bond donors (Lipinski definition) is 1. The third-order valence-corrected chi connectivity index (χ3v) is 5.21. The van der Waals surface area contributed by atoms with E-state index in [2.05, 4.69) is 5.32 Å². The van der Waals surface area contributed by atoms with Crippen LogP contribution in [0.3, 0.4) is 0 Å². The number of halogens is 1. The largest absolute Gasteiger partial charge is 0.356 e. The van der Waals surface area contributed by atoms with Gasteiger partial charge < -0.3 is 5.32 Å².